The minimum Gasteiger partial charge on any atom is -0.381 e. The molecular weight excluding hydrogens is 256 g/mol. The van der Waals surface area contributed by atoms with Crippen LogP contribution < -0.4 is 0 Å². The van der Waals surface area contributed by atoms with Crippen molar-refractivity contribution in [2.45, 2.75) is 84.2 Å². The number of hydrogen-bond donors (Lipinski definition) is 0. The highest BCUT2D eigenvalue weighted by Gasteiger charge is 2.58. The van der Waals surface area contributed by atoms with Gasteiger partial charge in [0, 0.05) is 7.11 Å². The molecule has 1 heteroatoms. The summed E-state index contributed by atoms with van der Waals surface area (Å²) in [4.78, 5) is 0. The van der Waals surface area contributed by atoms with E-state index in [9.17, 15) is 0 Å². The van der Waals surface area contributed by atoms with Gasteiger partial charge in [-0.05, 0) is 85.9 Å². The Bertz CT molecular complexity index is 405. The summed E-state index contributed by atoms with van der Waals surface area (Å²) >= 11 is 0. The van der Waals surface area contributed by atoms with Gasteiger partial charge in [-0.3, -0.25) is 0 Å². The number of fused-ring (bicyclic) bond motifs is 5. The van der Waals surface area contributed by atoms with E-state index in [4.69, 9.17) is 4.74 Å². The zero-order chi connectivity index (χ0) is 14.7. The highest BCUT2D eigenvalue weighted by molar-refractivity contribution is 5.08. The minimum absolute atomic E-state index is 0.552. The second-order valence-corrected chi connectivity index (χ2v) is 9.39. The first kappa shape index (κ1) is 14.5. The van der Waals surface area contributed by atoms with Gasteiger partial charge in [0.15, 0.2) is 0 Å². The third-order valence-electron chi connectivity index (χ3n) is 8.65. The summed E-state index contributed by atoms with van der Waals surface area (Å²) in [5, 5.41) is 0. The second kappa shape index (κ2) is 4.98. The Labute approximate surface area is 131 Å². The maximum Gasteiger partial charge on any atom is 0.0579 e. The van der Waals surface area contributed by atoms with E-state index in [2.05, 4.69) is 13.8 Å². The smallest absolute Gasteiger partial charge is 0.0579 e. The Balaban J connectivity index is 1.61. The molecule has 4 rings (SSSR count). The normalized spacial score (nSPS) is 56.4. The molecule has 4 aliphatic carbocycles. The highest BCUT2D eigenvalue weighted by Crippen LogP contribution is 2.66. The third kappa shape index (κ3) is 2.06. The molecule has 0 aromatic carbocycles. The van der Waals surface area contributed by atoms with Crippen LogP contribution in [0.5, 0.6) is 0 Å². The zero-order valence-corrected chi connectivity index (χ0v) is 14.4. The maximum atomic E-state index is 5.78. The maximum absolute atomic E-state index is 5.78. The van der Waals surface area contributed by atoms with Gasteiger partial charge >= 0.3 is 0 Å². The van der Waals surface area contributed by atoms with Crippen LogP contribution in [0.2, 0.25) is 0 Å². The van der Waals surface area contributed by atoms with Crippen molar-refractivity contribution in [2.75, 3.05) is 7.11 Å². The zero-order valence-electron chi connectivity index (χ0n) is 14.4. The summed E-state index contributed by atoms with van der Waals surface area (Å²) in [7, 11) is 1.93. The Morgan fingerprint density at radius 3 is 2.57 bits per heavy atom. The molecule has 4 aliphatic rings. The van der Waals surface area contributed by atoms with Crippen LogP contribution >= 0.6 is 0 Å². The molecule has 0 saturated heterocycles. The van der Waals surface area contributed by atoms with Gasteiger partial charge in [-0.2, -0.15) is 0 Å². The van der Waals surface area contributed by atoms with Crippen molar-refractivity contribution >= 4 is 0 Å². The Kier molecular flexibility index (Phi) is 3.45. The molecule has 0 aromatic rings. The first-order chi connectivity index (χ1) is 10.1. The lowest BCUT2D eigenvalue weighted by Crippen LogP contribution is -2.51. The van der Waals surface area contributed by atoms with Crippen molar-refractivity contribution in [2.24, 2.45) is 34.5 Å². The standard InChI is InChI=1S/C20H34O/c1-19-11-9-17-16(18(19)12-15(13-19)21-3)8-7-14-6-4-5-10-20(14,17)2/h14-18H,4-13H2,1-3H3/t14-,15+,16-,17+,18+,19-,20+/m1/s1. The van der Waals surface area contributed by atoms with Crippen LogP contribution in [-0.4, -0.2) is 13.2 Å². The molecule has 4 saturated carbocycles. The average Bonchev–Trinajstić information content (AvgIpc) is 2.83. The predicted molar refractivity (Wildman–Crippen MR) is 87.1 cm³/mol. The lowest BCUT2D eigenvalue weighted by Gasteiger charge is -2.60. The van der Waals surface area contributed by atoms with Crippen molar-refractivity contribution in [3.8, 4) is 0 Å². The van der Waals surface area contributed by atoms with Gasteiger partial charge in [0.25, 0.3) is 0 Å². The molecule has 0 N–H and O–H groups in total. The third-order valence-corrected chi connectivity index (χ3v) is 8.65. The SMILES string of the molecule is CO[C@H]1C[C@H]2[C@@H]3CC[C@H]4CCCC[C@]4(C)[C@H]3CC[C@]2(C)C1. The average molecular weight is 290 g/mol. The van der Waals surface area contributed by atoms with Crippen molar-refractivity contribution in [1.82, 2.24) is 0 Å². The Hall–Kier alpha value is -0.0400. The fourth-order valence-electron chi connectivity index (χ4n) is 7.47. The molecule has 0 unspecified atom stereocenters. The fourth-order valence-corrected chi connectivity index (χ4v) is 7.47. The van der Waals surface area contributed by atoms with Crippen molar-refractivity contribution in [1.29, 1.82) is 0 Å². The molecule has 21 heavy (non-hydrogen) atoms. The molecule has 0 radical (unpaired) electrons. The van der Waals surface area contributed by atoms with Crippen LogP contribution in [-0.2, 0) is 4.74 Å². The van der Waals surface area contributed by atoms with Crippen LogP contribution in [0.25, 0.3) is 0 Å². The molecule has 0 spiro atoms. The van der Waals surface area contributed by atoms with E-state index >= 15 is 0 Å². The van der Waals surface area contributed by atoms with Gasteiger partial charge in [0.1, 0.15) is 0 Å². The quantitative estimate of drug-likeness (QED) is 0.625. The van der Waals surface area contributed by atoms with Gasteiger partial charge in [0.2, 0.25) is 0 Å². The van der Waals surface area contributed by atoms with Crippen molar-refractivity contribution in [3.05, 3.63) is 0 Å². The summed E-state index contributed by atoms with van der Waals surface area (Å²) in [6, 6.07) is 0. The van der Waals surface area contributed by atoms with E-state index in [1.165, 1.54) is 64.2 Å². The number of rotatable bonds is 1. The van der Waals surface area contributed by atoms with Crippen LogP contribution in [0, 0.1) is 34.5 Å². The van der Waals surface area contributed by atoms with Gasteiger partial charge in [-0.25, -0.2) is 0 Å². The molecule has 0 aromatic heterocycles. The first-order valence-corrected chi connectivity index (χ1v) is 9.60. The summed E-state index contributed by atoms with van der Waals surface area (Å²) in [5.74, 6) is 4.06. The van der Waals surface area contributed by atoms with Crippen molar-refractivity contribution in [3.63, 3.8) is 0 Å². The van der Waals surface area contributed by atoms with E-state index in [1.54, 1.807) is 0 Å². The minimum atomic E-state index is 0.552. The molecule has 0 bridgehead atoms. The van der Waals surface area contributed by atoms with Crippen LogP contribution in [0.1, 0.15) is 78.1 Å². The van der Waals surface area contributed by atoms with Crippen LogP contribution in [0.3, 0.4) is 0 Å². The van der Waals surface area contributed by atoms with Crippen molar-refractivity contribution < 1.29 is 4.74 Å². The van der Waals surface area contributed by atoms with Gasteiger partial charge in [-0.1, -0.05) is 26.7 Å². The molecule has 120 valence electrons. The lowest BCUT2D eigenvalue weighted by molar-refractivity contribution is -0.103. The molecular formula is C20H34O. The molecule has 0 heterocycles. The van der Waals surface area contributed by atoms with E-state index in [0.717, 1.165) is 23.7 Å². The summed E-state index contributed by atoms with van der Waals surface area (Å²) in [6.07, 6.45) is 15.3. The topological polar surface area (TPSA) is 9.23 Å². The van der Waals surface area contributed by atoms with E-state index in [-0.39, 0.29) is 0 Å². The van der Waals surface area contributed by atoms with E-state index < -0.39 is 0 Å². The summed E-state index contributed by atoms with van der Waals surface area (Å²) < 4.78 is 5.78. The monoisotopic (exact) mass is 290 g/mol. The molecule has 7 atom stereocenters. The lowest BCUT2D eigenvalue weighted by atomic mass is 9.45. The number of methoxy groups -OCH3 is 1. The number of hydrogen-bond acceptors (Lipinski definition) is 1. The van der Waals surface area contributed by atoms with Gasteiger partial charge < -0.3 is 4.74 Å². The number of ether oxygens (including phenoxy) is 1. The van der Waals surface area contributed by atoms with E-state index in [1.807, 2.05) is 7.11 Å². The first-order valence-electron chi connectivity index (χ1n) is 9.60. The predicted octanol–water partition coefficient (Wildman–Crippen LogP) is 5.43. The Morgan fingerprint density at radius 2 is 1.76 bits per heavy atom. The Morgan fingerprint density at radius 1 is 0.905 bits per heavy atom. The largest absolute Gasteiger partial charge is 0.381 e. The van der Waals surface area contributed by atoms with Crippen LogP contribution in [0.4, 0.5) is 0 Å². The van der Waals surface area contributed by atoms with Gasteiger partial charge in [0.05, 0.1) is 6.10 Å². The van der Waals surface area contributed by atoms with E-state index in [0.29, 0.717) is 16.9 Å². The summed E-state index contributed by atoms with van der Waals surface area (Å²) in [6.45, 7) is 5.27. The summed E-state index contributed by atoms with van der Waals surface area (Å²) in [5.41, 5.74) is 1.29. The second-order valence-electron chi connectivity index (χ2n) is 9.39. The molecule has 0 aliphatic heterocycles. The molecule has 0 amide bonds. The molecule has 4 fully saturated rings. The highest BCUT2D eigenvalue weighted by atomic mass is 16.5. The van der Waals surface area contributed by atoms with Gasteiger partial charge in [-0.15, -0.1) is 0 Å². The molecule has 1 nitrogen and oxygen atoms in total. The fraction of sp³-hybridized carbons (Fsp3) is 1.00. The van der Waals surface area contributed by atoms with Crippen LogP contribution in [0.15, 0.2) is 0 Å².